The lowest BCUT2D eigenvalue weighted by molar-refractivity contribution is -0.142. The average Bonchev–Trinajstić information content (AvgIpc) is 3.57. The van der Waals surface area contributed by atoms with E-state index >= 15 is 0 Å². The number of fused-ring (bicyclic) bond motifs is 2. The highest BCUT2D eigenvalue weighted by Crippen LogP contribution is 2.40. The van der Waals surface area contributed by atoms with Crippen LogP contribution in [-0.2, 0) is 27.7 Å². The van der Waals surface area contributed by atoms with Gasteiger partial charge in [-0.15, -0.1) is 0 Å². The van der Waals surface area contributed by atoms with Gasteiger partial charge in [-0.25, -0.2) is 9.59 Å². The molecule has 2 aromatic carbocycles. The van der Waals surface area contributed by atoms with E-state index in [9.17, 15) is 27.6 Å². The number of anilines is 2. The summed E-state index contributed by atoms with van der Waals surface area (Å²) >= 11 is 6.08. The van der Waals surface area contributed by atoms with E-state index < -0.39 is 41.1 Å². The number of likely N-dealkylation sites (tertiary alicyclic amines) is 3. The van der Waals surface area contributed by atoms with E-state index in [0.717, 1.165) is 50.4 Å². The van der Waals surface area contributed by atoms with E-state index in [0.29, 0.717) is 37.7 Å². The number of benzene rings is 2. The van der Waals surface area contributed by atoms with Gasteiger partial charge < -0.3 is 35.8 Å². The molecule has 0 radical (unpaired) electrons. The number of amides is 4. The van der Waals surface area contributed by atoms with Gasteiger partial charge in [-0.2, -0.15) is 13.2 Å². The van der Waals surface area contributed by atoms with Crippen LogP contribution in [0, 0.1) is 0 Å². The highest BCUT2D eigenvalue weighted by Gasteiger charge is 2.44. The zero-order valence-corrected chi connectivity index (χ0v) is 26.1. The number of piperidine rings is 2. The molecule has 1 atom stereocenters. The van der Waals surface area contributed by atoms with Crippen molar-refractivity contribution in [3.63, 3.8) is 0 Å². The second-order valence-corrected chi connectivity index (χ2v) is 13.0. The predicted octanol–water partition coefficient (Wildman–Crippen LogP) is 5.20. The number of ether oxygens (including phenoxy) is 1. The molecule has 3 fully saturated rings. The number of carbonyl (C=O) groups excluding carboxylic acids is 3. The Morgan fingerprint density at radius 2 is 1.70 bits per heavy atom. The number of carbonyl (C=O) groups is 3. The molecular formula is C32H38ClF3N6O4. The minimum absolute atomic E-state index is 0.0799. The third-order valence-electron chi connectivity index (χ3n) is 9.79. The van der Waals surface area contributed by atoms with E-state index in [1.54, 1.807) is 4.90 Å². The Labute approximate surface area is 270 Å². The van der Waals surface area contributed by atoms with E-state index in [1.165, 1.54) is 11.0 Å². The van der Waals surface area contributed by atoms with E-state index in [4.69, 9.17) is 22.1 Å². The minimum Gasteiger partial charge on any atom is -0.436 e. The van der Waals surface area contributed by atoms with Crippen LogP contribution in [0.25, 0.3) is 0 Å². The topological polar surface area (TPSA) is 120 Å². The monoisotopic (exact) mass is 662 g/mol. The summed E-state index contributed by atoms with van der Waals surface area (Å²) in [6, 6.07) is 9.67. The molecule has 4 amide bonds. The standard InChI is InChI=1S/C32H38ClF3N6O4/c33-24-18-20(17-23(27(24)37)32(34,35)36)19-26(28(43)41-13-7-21(8-14-41)40-11-3-4-12-40)46-30(45)42-15-9-31(10-16-42)22-5-1-2-6-25(22)38-29(44)39-31/h1-2,5-6,17-18,21,26H,3-4,7-16,19,37H2,(H2,38,39,44)/t26-/m1/s1. The SMILES string of the molecule is Nc1c(Cl)cc(C[C@@H](OC(=O)N2CCC3(CC2)NC(=O)Nc2ccccc23)C(=O)N2CCC(N3CCCC3)CC2)cc1C(F)(F)F. The number of nitrogens with two attached hydrogens (primary N) is 1. The van der Waals surface area contributed by atoms with Crippen molar-refractivity contribution in [3.05, 3.63) is 58.1 Å². The number of hydrogen-bond acceptors (Lipinski definition) is 6. The Morgan fingerprint density at radius 1 is 1.02 bits per heavy atom. The van der Waals surface area contributed by atoms with Gasteiger partial charge in [0.1, 0.15) is 0 Å². The molecule has 0 aromatic heterocycles. The number of nitrogens with one attached hydrogen (secondary N) is 2. The quantitative estimate of drug-likeness (QED) is 0.379. The fraction of sp³-hybridized carbons (Fsp3) is 0.531. The maximum absolute atomic E-state index is 13.9. The largest absolute Gasteiger partial charge is 0.436 e. The van der Waals surface area contributed by atoms with Crippen LogP contribution in [0.3, 0.4) is 0 Å². The van der Waals surface area contributed by atoms with Crippen LogP contribution in [0.1, 0.15) is 55.2 Å². The molecule has 4 aliphatic heterocycles. The van der Waals surface area contributed by atoms with Gasteiger partial charge in [-0.1, -0.05) is 29.8 Å². The molecule has 0 saturated carbocycles. The van der Waals surface area contributed by atoms with Crippen LogP contribution >= 0.6 is 11.6 Å². The molecule has 4 aliphatic rings. The van der Waals surface area contributed by atoms with Gasteiger partial charge in [-0.3, -0.25) is 4.79 Å². The molecular weight excluding hydrogens is 625 g/mol. The molecule has 2 aromatic rings. The van der Waals surface area contributed by atoms with Crippen LogP contribution < -0.4 is 16.4 Å². The lowest BCUT2D eigenvalue weighted by atomic mass is 9.79. The molecule has 10 nitrogen and oxygen atoms in total. The van der Waals surface area contributed by atoms with Crippen LogP contribution in [0.2, 0.25) is 5.02 Å². The van der Waals surface area contributed by atoms with Crippen LogP contribution in [0.5, 0.6) is 0 Å². The van der Waals surface area contributed by atoms with Gasteiger partial charge in [-0.05, 0) is 75.4 Å². The highest BCUT2D eigenvalue weighted by atomic mass is 35.5. The summed E-state index contributed by atoms with van der Waals surface area (Å²) in [4.78, 5) is 45.4. The fourth-order valence-electron chi connectivity index (χ4n) is 7.29. The molecule has 4 heterocycles. The summed E-state index contributed by atoms with van der Waals surface area (Å²) in [6.45, 7) is 3.48. The van der Waals surface area contributed by atoms with E-state index in [-0.39, 0.29) is 36.1 Å². The van der Waals surface area contributed by atoms with E-state index in [1.807, 2.05) is 24.3 Å². The van der Waals surface area contributed by atoms with Crippen LogP contribution in [-0.4, -0.2) is 84.1 Å². The molecule has 0 bridgehead atoms. The number of nitrogen functional groups attached to an aromatic ring is 1. The zero-order valence-electron chi connectivity index (χ0n) is 25.4. The van der Waals surface area contributed by atoms with Gasteiger partial charge >= 0.3 is 18.3 Å². The summed E-state index contributed by atoms with van der Waals surface area (Å²) < 4.78 is 47.1. The van der Waals surface area contributed by atoms with Crippen LogP contribution in [0.4, 0.5) is 34.1 Å². The third-order valence-corrected chi connectivity index (χ3v) is 10.1. The van der Waals surface area contributed by atoms with Crippen molar-refractivity contribution in [3.8, 4) is 0 Å². The summed E-state index contributed by atoms with van der Waals surface area (Å²) in [5.41, 5.74) is 4.97. The Morgan fingerprint density at radius 3 is 2.37 bits per heavy atom. The first-order chi connectivity index (χ1) is 21.9. The molecule has 4 N–H and O–H groups in total. The Balaban J connectivity index is 1.18. The first-order valence-corrected chi connectivity index (χ1v) is 16.1. The Kier molecular flexibility index (Phi) is 8.99. The van der Waals surface area contributed by atoms with Crippen molar-refractivity contribution < 1.29 is 32.3 Å². The molecule has 0 unspecified atom stereocenters. The van der Waals surface area contributed by atoms with Crippen molar-refractivity contribution in [1.29, 1.82) is 0 Å². The first-order valence-electron chi connectivity index (χ1n) is 15.8. The number of hydrogen-bond donors (Lipinski definition) is 3. The normalized spacial score (nSPS) is 21.0. The minimum atomic E-state index is -4.76. The molecule has 6 rings (SSSR count). The summed E-state index contributed by atoms with van der Waals surface area (Å²) in [6.07, 6.45) is -2.48. The van der Waals surface area contributed by atoms with E-state index in [2.05, 4.69) is 15.5 Å². The predicted molar refractivity (Wildman–Crippen MR) is 166 cm³/mol. The van der Waals surface area contributed by atoms with Crippen molar-refractivity contribution in [2.75, 3.05) is 50.3 Å². The third kappa shape index (κ3) is 6.57. The van der Waals surface area contributed by atoms with Gasteiger partial charge in [0.05, 0.1) is 21.8 Å². The number of urea groups is 1. The van der Waals surface area contributed by atoms with Gasteiger partial charge in [0.2, 0.25) is 0 Å². The highest BCUT2D eigenvalue weighted by molar-refractivity contribution is 6.33. The van der Waals surface area contributed by atoms with Crippen molar-refractivity contribution in [2.45, 2.75) is 68.8 Å². The zero-order chi connectivity index (χ0) is 32.6. The van der Waals surface area contributed by atoms with Crippen molar-refractivity contribution in [1.82, 2.24) is 20.0 Å². The molecule has 248 valence electrons. The van der Waals surface area contributed by atoms with Crippen LogP contribution in [0.15, 0.2) is 36.4 Å². The van der Waals surface area contributed by atoms with Gasteiger partial charge in [0.15, 0.2) is 6.10 Å². The maximum atomic E-state index is 13.9. The lowest BCUT2D eigenvalue weighted by Crippen LogP contribution is -2.58. The summed E-state index contributed by atoms with van der Waals surface area (Å²) in [5, 5.41) is 5.54. The Bertz CT molecular complexity index is 1480. The molecule has 0 aliphatic carbocycles. The fourth-order valence-corrected chi connectivity index (χ4v) is 7.53. The summed E-state index contributed by atoms with van der Waals surface area (Å²) in [7, 11) is 0. The Hall–Kier alpha value is -3.71. The number of halogens is 4. The van der Waals surface area contributed by atoms with Gasteiger partial charge in [0.25, 0.3) is 5.91 Å². The number of nitrogens with zero attached hydrogens (tertiary/aromatic N) is 3. The number of rotatable bonds is 5. The number of alkyl halides is 3. The van der Waals surface area contributed by atoms with Crippen molar-refractivity contribution >= 4 is 41.0 Å². The summed E-state index contributed by atoms with van der Waals surface area (Å²) in [5.74, 6) is -0.456. The molecule has 1 spiro atoms. The lowest BCUT2D eigenvalue weighted by Gasteiger charge is -2.45. The van der Waals surface area contributed by atoms with Gasteiger partial charge in [0, 0.05) is 49.9 Å². The average molecular weight is 663 g/mol. The second kappa shape index (κ2) is 12.8. The first kappa shape index (κ1) is 32.2. The molecule has 3 saturated heterocycles. The second-order valence-electron chi connectivity index (χ2n) is 12.6. The smallest absolute Gasteiger partial charge is 0.418 e. The maximum Gasteiger partial charge on any atom is 0.418 e. The molecule has 14 heteroatoms. The van der Waals surface area contributed by atoms with Crippen molar-refractivity contribution in [2.24, 2.45) is 0 Å². The molecule has 46 heavy (non-hydrogen) atoms. The number of para-hydroxylation sites is 1.